The second-order valence-electron chi connectivity index (χ2n) is 2.47. The molecule has 1 aromatic carbocycles. The molecule has 0 saturated heterocycles. The second kappa shape index (κ2) is 2.34. The van der Waals surface area contributed by atoms with Gasteiger partial charge in [-0.1, -0.05) is 15.9 Å². The summed E-state index contributed by atoms with van der Waals surface area (Å²) in [6, 6.07) is 5.63. The lowest BCUT2D eigenvalue weighted by atomic mass is 10.1. The quantitative estimate of drug-likeness (QED) is 0.713. The van der Waals surface area contributed by atoms with Gasteiger partial charge in [-0.05, 0) is 18.2 Å². The molecule has 0 unspecified atom stereocenters. The molecule has 0 radical (unpaired) electrons. The number of Topliss-reactive ketones (excluding diaryl/α,β-unsaturated/α-hetero) is 1. The number of halogens is 1. The van der Waals surface area contributed by atoms with Crippen molar-refractivity contribution in [2.75, 3.05) is 11.9 Å². The van der Waals surface area contributed by atoms with Crippen LogP contribution in [-0.2, 0) is 0 Å². The van der Waals surface area contributed by atoms with Crippen molar-refractivity contribution in [3.63, 3.8) is 0 Å². The number of nitrogens with one attached hydrogen (secondary N) is 1. The van der Waals surface area contributed by atoms with E-state index in [1.54, 1.807) is 0 Å². The van der Waals surface area contributed by atoms with Crippen LogP contribution in [0.25, 0.3) is 0 Å². The molecule has 0 aliphatic carbocycles. The second-order valence-corrected chi connectivity index (χ2v) is 3.38. The first-order valence-corrected chi connectivity index (χ1v) is 4.13. The Bertz CT molecular complexity index is 322. The van der Waals surface area contributed by atoms with Gasteiger partial charge in [0.2, 0.25) is 0 Å². The maximum absolute atomic E-state index is 11.1. The molecule has 0 aromatic heterocycles. The minimum absolute atomic E-state index is 0.174. The summed E-state index contributed by atoms with van der Waals surface area (Å²) in [4.78, 5) is 11.1. The molecule has 1 heterocycles. The van der Waals surface area contributed by atoms with Gasteiger partial charge < -0.3 is 5.32 Å². The van der Waals surface area contributed by atoms with Crippen molar-refractivity contribution in [3.8, 4) is 0 Å². The highest BCUT2D eigenvalue weighted by Crippen LogP contribution is 2.25. The number of hydrogen-bond donors (Lipinski definition) is 1. The van der Waals surface area contributed by atoms with Crippen LogP contribution in [0.15, 0.2) is 22.7 Å². The molecular formula is C8H6BrNO. The lowest BCUT2D eigenvalue weighted by Crippen LogP contribution is -2.00. The zero-order valence-electron chi connectivity index (χ0n) is 5.73. The Hall–Kier alpha value is -0.830. The molecule has 56 valence electrons. The van der Waals surface area contributed by atoms with E-state index in [2.05, 4.69) is 21.2 Å². The summed E-state index contributed by atoms with van der Waals surface area (Å²) in [7, 11) is 0. The first-order valence-electron chi connectivity index (χ1n) is 3.34. The van der Waals surface area contributed by atoms with Gasteiger partial charge >= 0.3 is 0 Å². The number of anilines is 1. The smallest absolute Gasteiger partial charge is 0.183 e. The van der Waals surface area contributed by atoms with Gasteiger partial charge in [0, 0.05) is 15.7 Å². The summed E-state index contributed by atoms with van der Waals surface area (Å²) in [5, 5.41) is 3.01. The van der Waals surface area contributed by atoms with Crippen LogP contribution < -0.4 is 5.32 Å². The minimum atomic E-state index is 0.174. The van der Waals surface area contributed by atoms with Gasteiger partial charge in [0.1, 0.15) is 0 Å². The van der Waals surface area contributed by atoms with Gasteiger partial charge in [-0.2, -0.15) is 0 Å². The van der Waals surface area contributed by atoms with Gasteiger partial charge in [-0.15, -0.1) is 0 Å². The number of hydrogen-bond acceptors (Lipinski definition) is 2. The van der Waals surface area contributed by atoms with E-state index in [0.29, 0.717) is 6.54 Å². The molecule has 11 heavy (non-hydrogen) atoms. The van der Waals surface area contributed by atoms with E-state index in [9.17, 15) is 4.79 Å². The number of rotatable bonds is 0. The Kier molecular flexibility index (Phi) is 1.46. The predicted molar refractivity (Wildman–Crippen MR) is 47.0 cm³/mol. The van der Waals surface area contributed by atoms with Crippen molar-refractivity contribution >= 4 is 27.4 Å². The van der Waals surface area contributed by atoms with E-state index in [0.717, 1.165) is 15.7 Å². The fourth-order valence-corrected chi connectivity index (χ4v) is 1.54. The van der Waals surface area contributed by atoms with Gasteiger partial charge in [0.25, 0.3) is 0 Å². The van der Waals surface area contributed by atoms with Gasteiger partial charge in [-0.25, -0.2) is 0 Å². The monoisotopic (exact) mass is 211 g/mol. The van der Waals surface area contributed by atoms with E-state index < -0.39 is 0 Å². The summed E-state index contributed by atoms with van der Waals surface area (Å²) in [5.74, 6) is 0.174. The third-order valence-electron chi connectivity index (χ3n) is 1.72. The van der Waals surface area contributed by atoms with Crippen molar-refractivity contribution in [3.05, 3.63) is 28.2 Å². The molecule has 0 saturated carbocycles. The SMILES string of the molecule is O=C1CNc2cc(Br)ccc21. The third-order valence-corrected chi connectivity index (χ3v) is 2.21. The van der Waals surface area contributed by atoms with Crippen LogP contribution in [0.5, 0.6) is 0 Å². The van der Waals surface area contributed by atoms with Crippen molar-refractivity contribution in [2.45, 2.75) is 0 Å². The summed E-state index contributed by atoms with van der Waals surface area (Å²) in [6.45, 7) is 0.436. The molecule has 2 nitrogen and oxygen atoms in total. The van der Waals surface area contributed by atoms with Crippen LogP contribution in [0.2, 0.25) is 0 Å². The summed E-state index contributed by atoms with van der Waals surface area (Å²) in [6.07, 6.45) is 0. The maximum Gasteiger partial charge on any atom is 0.183 e. The zero-order valence-corrected chi connectivity index (χ0v) is 7.31. The molecule has 0 atom stereocenters. The van der Waals surface area contributed by atoms with Crippen molar-refractivity contribution in [1.82, 2.24) is 0 Å². The number of fused-ring (bicyclic) bond motifs is 1. The molecule has 0 amide bonds. The average molecular weight is 212 g/mol. The van der Waals surface area contributed by atoms with E-state index in [-0.39, 0.29) is 5.78 Å². The molecule has 0 fully saturated rings. The molecule has 1 aliphatic heterocycles. The van der Waals surface area contributed by atoms with Crippen molar-refractivity contribution in [2.24, 2.45) is 0 Å². The van der Waals surface area contributed by atoms with E-state index >= 15 is 0 Å². The zero-order chi connectivity index (χ0) is 7.84. The van der Waals surface area contributed by atoms with Gasteiger partial charge in [0.15, 0.2) is 5.78 Å². The largest absolute Gasteiger partial charge is 0.377 e. The standard InChI is InChI=1S/C8H6BrNO/c9-5-1-2-6-7(3-5)10-4-8(6)11/h1-3,10H,4H2. The first kappa shape index (κ1) is 6.85. The highest BCUT2D eigenvalue weighted by Gasteiger charge is 2.17. The predicted octanol–water partition coefficient (Wildman–Crippen LogP) is 2.06. The molecule has 1 N–H and O–H groups in total. The lowest BCUT2D eigenvalue weighted by molar-refractivity contribution is 0.101. The molecule has 0 bridgehead atoms. The van der Waals surface area contributed by atoms with E-state index in [1.165, 1.54) is 0 Å². The molecular weight excluding hydrogens is 206 g/mol. The lowest BCUT2D eigenvalue weighted by Gasteiger charge is -1.96. The van der Waals surface area contributed by atoms with Crippen LogP contribution in [0.3, 0.4) is 0 Å². The average Bonchev–Trinajstić information content (AvgIpc) is 2.32. The van der Waals surface area contributed by atoms with Crippen molar-refractivity contribution in [1.29, 1.82) is 0 Å². The fraction of sp³-hybridized carbons (Fsp3) is 0.125. The van der Waals surface area contributed by atoms with E-state index in [4.69, 9.17) is 0 Å². The topological polar surface area (TPSA) is 29.1 Å². The van der Waals surface area contributed by atoms with Crippen LogP contribution in [-0.4, -0.2) is 12.3 Å². The van der Waals surface area contributed by atoms with Gasteiger partial charge in [0.05, 0.1) is 6.54 Å². The Balaban J connectivity index is 2.59. The fourth-order valence-electron chi connectivity index (χ4n) is 1.18. The summed E-state index contributed by atoms with van der Waals surface area (Å²) in [5.41, 5.74) is 1.73. The summed E-state index contributed by atoms with van der Waals surface area (Å²) < 4.78 is 0.999. The van der Waals surface area contributed by atoms with Crippen LogP contribution in [0, 0.1) is 0 Å². The van der Waals surface area contributed by atoms with Crippen LogP contribution in [0.4, 0.5) is 5.69 Å². The highest BCUT2D eigenvalue weighted by atomic mass is 79.9. The van der Waals surface area contributed by atoms with Crippen LogP contribution in [0.1, 0.15) is 10.4 Å². The molecule has 3 heteroatoms. The summed E-state index contributed by atoms with van der Waals surface area (Å²) >= 11 is 3.33. The number of ketones is 1. The Morgan fingerprint density at radius 3 is 3.09 bits per heavy atom. The highest BCUT2D eigenvalue weighted by molar-refractivity contribution is 9.10. The Labute approximate surface area is 72.7 Å². The minimum Gasteiger partial charge on any atom is -0.377 e. The Morgan fingerprint density at radius 1 is 1.45 bits per heavy atom. The molecule has 0 spiro atoms. The maximum atomic E-state index is 11.1. The number of carbonyl (C=O) groups excluding carboxylic acids is 1. The number of benzene rings is 1. The van der Waals surface area contributed by atoms with Crippen LogP contribution >= 0.6 is 15.9 Å². The van der Waals surface area contributed by atoms with Gasteiger partial charge in [-0.3, -0.25) is 4.79 Å². The van der Waals surface area contributed by atoms with E-state index in [1.807, 2.05) is 18.2 Å². The van der Waals surface area contributed by atoms with Crippen molar-refractivity contribution < 1.29 is 4.79 Å². The third kappa shape index (κ3) is 1.05. The molecule has 1 aliphatic rings. The number of carbonyl (C=O) groups is 1. The molecule has 1 aromatic rings. The Morgan fingerprint density at radius 2 is 2.27 bits per heavy atom. The normalized spacial score (nSPS) is 14.5. The molecule has 2 rings (SSSR count). The first-order chi connectivity index (χ1) is 5.27.